The third kappa shape index (κ3) is 4.61. The molecule has 0 spiro atoms. The van der Waals surface area contributed by atoms with Gasteiger partial charge in [-0.3, -0.25) is 4.79 Å². The van der Waals surface area contributed by atoms with Crippen molar-refractivity contribution in [1.29, 1.82) is 0 Å². The molecule has 3 aromatic carbocycles. The number of aromatic nitrogens is 2. The number of nitrogens with two attached hydrogens (primary N) is 1. The van der Waals surface area contributed by atoms with Crippen molar-refractivity contribution in [2.45, 2.75) is 18.2 Å². The Morgan fingerprint density at radius 2 is 1.84 bits per heavy atom. The monoisotopic (exact) mass is 454 g/mol. The van der Waals surface area contributed by atoms with Crippen molar-refractivity contribution in [2.24, 2.45) is 5.14 Å². The average molecular weight is 455 g/mol. The summed E-state index contributed by atoms with van der Waals surface area (Å²) in [4.78, 5) is 19.9. The Labute approximate surface area is 184 Å². The molecule has 31 heavy (non-hydrogen) atoms. The highest BCUT2D eigenvalue weighted by molar-refractivity contribution is 7.89. The Morgan fingerprint density at radius 1 is 1.13 bits per heavy atom. The van der Waals surface area contributed by atoms with Gasteiger partial charge in [0.15, 0.2) is 0 Å². The predicted octanol–water partition coefficient (Wildman–Crippen LogP) is 4.02. The highest BCUT2D eigenvalue weighted by Gasteiger charge is 2.19. The van der Waals surface area contributed by atoms with Crippen molar-refractivity contribution >= 4 is 44.3 Å². The molecule has 4 N–H and O–H groups in total. The van der Waals surface area contributed by atoms with Crippen molar-refractivity contribution in [3.8, 4) is 11.4 Å². The molecule has 4 rings (SSSR count). The Morgan fingerprint density at radius 3 is 2.52 bits per heavy atom. The summed E-state index contributed by atoms with van der Waals surface area (Å²) in [6.45, 7) is 1.97. The Hall–Kier alpha value is -3.20. The third-order valence-corrected chi connectivity index (χ3v) is 6.07. The molecule has 0 radical (unpaired) electrons. The molecule has 0 aliphatic heterocycles. The lowest BCUT2D eigenvalue weighted by Gasteiger charge is -2.08. The molecule has 0 aliphatic carbocycles. The number of imidazole rings is 1. The average Bonchev–Trinajstić information content (AvgIpc) is 3.13. The van der Waals surface area contributed by atoms with Gasteiger partial charge < -0.3 is 10.3 Å². The van der Waals surface area contributed by atoms with E-state index in [1.54, 1.807) is 30.3 Å². The molecule has 7 nitrogen and oxygen atoms in total. The number of aromatic amines is 1. The molecular weight excluding hydrogens is 436 g/mol. The van der Waals surface area contributed by atoms with E-state index in [0.717, 1.165) is 11.1 Å². The molecule has 1 aromatic heterocycles. The molecule has 0 aliphatic rings. The molecule has 0 unspecified atom stereocenters. The number of H-pyrrole nitrogens is 1. The predicted molar refractivity (Wildman–Crippen MR) is 121 cm³/mol. The first kappa shape index (κ1) is 21.0. The fraction of sp³-hybridized carbons (Fsp3) is 0.0909. The van der Waals surface area contributed by atoms with Gasteiger partial charge in [0.1, 0.15) is 16.2 Å². The van der Waals surface area contributed by atoms with Crippen LogP contribution in [0.1, 0.15) is 11.1 Å². The van der Waals surface area contributed by atoms with Crippen LogP contribution in [0.4, 0.5) is 5.69 Å². The van der Waals surface area contributed by atoms with Crippen LogP contribution >= 0.6 is 11.6 Å². The maximum absolute atomic E-state index is 12.5. The Kier molecular flexibility index (Phi) is 5.53. The van der Waals surface area contributed by atoms with Gasteiger partial charge in [0.25, 0.3) is 0 Å². The number of nitrogens with one attached hydrogen (secondary N) is 2. The summed E-state index contributed by atoms with van der Waals surface area (Å²) in [5.41, 5.74) is 3.49. The zero-order valence-corrected chi connectivity index (χ0v) is 18.1. The second-order valence-electron chi connectivity index (χ2n) is 7.18. The number of hydrogen-bond acceptors (Lipinski definition) is 4. The smallest absolute Gasteiger partial charge is 0.240 e. The molecule has 9 heteroatoms. The second-order valence-corrected chi connectivity index (χ2v) is 9.12. The van der Waals surface area contributed by atoms with Crippen LogP contribution in [0.3, 0.4) is 0 Å². The van der Waals surface area contributed by atoms with E-state index in [2.05, 4.69) is 15.3 Å². The van der Waals surface area contributed by atoms with E-state index >= 15 is 0 Å². The van der Waals surface area contributed by atoms with Crippen molar-refractivity contribution in [1.82, 2.24) is 9.97 Å². The van der Waals surface area contributed by atoms with E-state index < -0.39 is 10.0 Å². The second kappa shape index (κ2) is 8.14. The molecule has 0 fully saturated rings. The number of benzene rings is 3. The molecule has 1 heterocycles. The summed E-state index contributed by atoms with van der Waals surface area (Å²) in [6, 6.07) is 17.6. The van der Waals surface area contributed by atoms with Crippen LogP contribution < -0.4 is 10.5 Å². The van der Waals surface area contributed by atoms with E-state index in [1.165, 1.54) is 6.07 Å². The number of carbonyl (C=O) groups excluding carboxylic acids is 1. The lowest BCUT2D eigenvalue weighted by atomic mass is 10.1. The number of amides is 1. The quantitative estimate of drug-likeness (QED) is 0.422. The number of halogens is 1. The van der Waals surface area contributed by atoms with E-state index in [-0.39, 0.29) is 28.4 Å². The molecule has 0 saturated carbocycles. The van der Waals surface area contributed by atoms with Gasteiger partial charge in [-0.15, -0.1) is 0 Å². The third-order valence-electron chi connectivity index (χ3n) is 4.78. The minimum absolute atomic E-state index is 0.0417. The van der Waals surface area contributed by atoms with Crippen molar-refractivity contribution in [2.75, 3.05) is 5.32 Å². The van der Waals surface area contributed by atoms with Gasteiger partial charge in [0.05, 0.1) is 11.9 Å². The standard InChI is InChI=1S/C22H19ClN4O3S/c1-13-6-8-14(9-7-13)22-26-18-11-16(12-19(21(18)27-22)31(24,29)30)25-20(28)10-15-4-2-3-5-17(15)23/h2-9,11-12H,10H2,1H3,(H,25,28)(H,26,27)(H2,24,29,30). The summed E-state index contributed by atoms with van der Waals surface area (Å²) in [7, 11) is -4.08. The fourth-order valence-corrected chi connectivity index (χ4v) is 4.16. The van der Waals surface area contributed by atoms with Crippen LogP contribution in [0.25, 0.3) is 22.4 Å². The maximum atomic E-state index is 12.5. The first-order chi connectivity index (χ1) is 14.7. The van der Waals surface area contributed by atoms with Gasteiger partial charge in [-0.05, 0) is 30.7 Å². The highest BCUT2D eigenvalue weighted by atomic mass is 35.5. The first-order valence-corrected chi connectivity index (χ1v) is 11.3. The van der Waals surface area contributed by atoms with Crippen LogP contribution in [0, 0.1) is 6.92 Å². The summed E-state index contributed by atoms with van der Waals surface area (Å²) in [5, 5.41) is 8.62. The number of carbonyl (C=O) groups is 1. The Bertz CT molecular complexity index is 1400. The van der Waals surface area contributed by atoms with Gasteiger partial charge in [-0.25, -0.2) is 18.5 Å². The van der Waals surface area contributed by atoms with Crippen LogP contribution in [-0.4, -0.2) is 24.3 Å². The summed E-state index contributed by atoms with van der Waals surface area (Å²) < 4.78 is 24.4. The number of aryl methyl sites for hydroxylation is 1. The highest BCUT2D eigenvalue weighted by Crippen LogP contribution is 2.29. The molecule has 0 saturated heterocycles. The van der Waals surface area contributed by atoms with E-state index in [4.69, 9.17) is 16.7 Å². The summed E-state index contributed by atoms with van der Waals surface area (Å²) in [5.74, 6) is 0.158. The number of hydrogen-bond donors (Lipinski definition) is 3. The summed E-state index contributed by atoms with van der Waals surface area (Å²) in [6.07, 6.45) is 0.0417. The fourth-order valence-electron chi connectivity index (χ4n) is 3.24. The van der Waals surface area contributed by atoms with Crippen molar-refractivity contribution in [3.63, 3.8) is 0 Å². The van der Waals surface area contributed by atoms with Gasteiger partial charge >= 0.3 is 0 Å². The number of primary sulfonamides is 1. The van der Waals surface area contributed by atoms with E-state index in [0.29, 0.717) is 21.9 Å². The SMILES string of the molecule is Cc1ccc(-c2nc3c(S(N)(=O)=O)cc(NC(=O)Cc4ccccc4Cl)cc3[nH]2)cc1. The maximum Gasteiger partial charge on any atom is 0.240 e. The summed E-state index contributed by atoms with van der Waals surface area (Å²) >= 11 is 6.12. The van der Waals surface area contributed by atoms with Crippen molar-refractivity contribution < 1.29 is 13.2 Å². The van der Waals surface area contributed by atoms with Crippen LogP contribution in [0.5, 0.6) is 0 Å². The molecule has 0 atom stereocenters. The topological polar surface area (TPSA) is 118 Å². The molecule has 1 amide bonds. The lowest BCUT2D eigenvalue weighted by Crippen LogP contribution is -2.17. The number of fused-ring (bicyclic) bond motifs is 1. The molecule has 0 bridgehead atoms. The van der Waals surface area contributed by atoms with Crippen LogP contribution in [0.2, 0.25) is 5.02 Å². The molecular formula is C22H19ClN4O3S. The number of nitrogens with zero attached hydrogens (tertiary/aromatic N) is 1. The largest absolute Gasteiger partial charge is 0.338 e. The molecule has 158 valence electrons. The first-order valence-electron chi connectivity index (χ1n) is 9.37. The Balaban J connectivity index is 1.72. The zero-order valence-electron chi connectivity index (χ0n) is 16.5. The van der Waals surface area contributed by atoms with Gasteiger partial charge in [-0.2, -0.15) is 0 Å². The van der Waals surface area contributed by atoms with E-state index in [9.17, 15) is 13.2 Å². The number of rotatable bonds is 5. The number of anilines is 1. The number of sulfonamides is 1. The van der Waals surface area contributed by atoms with Gasteiger partial charge in [0, 0.05) is 16.3 Å². The van der Waals surface area contributed by atoms with Gasteiger partial charge in [-0.1, -0.05) is 59.6 Å². The molecule has 4 aromatic rings. The minimum atomic E-state index is -4.08. The van der Waals surface area contributed by atoms with Gasteiger partial charge in [0.2, 0.25) is 15.9 Å². The van der Waals surface area contributed by atoms with Crippen LogP contribution in [0.15, 0.2) is 65.6 Å². The lowest BCUT2D eigenvalue weighted by molar-refractivity contribution is -0.115. The van der Waals surface area contributed by atoms with Crippen LogP contribution in [-0.2, 0) is 21.2 Å². The normalized spacial score (nSPS) is 11.6. The minimum Gasteiger partial charge on any atom is -0.338 e. The van der Waals surface area contributed by atoms with Crippen molar-refractivity contribution in [3.05, 3.63) is 76.8 Å². The zero-order chi connectivity index (χ0) is 22.2. The van der Waals surface area contributed by atoms with E-state index in [1.807, 2.05) is 31.2 Å².